The summed E-state index contributed by atoms with van der Waals surface area (Å²) in [5, 5.41) is 19.3. The number of ketones is 2. The fraction of sp³-hybridized carbons (Fsp3) is 0.286. The first-order chi connectivity index (χ1) is 18.2. The summed E-state index contributed by atoms with van der Waals surface area (Å²) in [6, 6.07) is 13.4. The molecule has 8 nitrogen and oxygen atoms in total. The summed E-state index contributed by atoms with van der Waals surface area (Å²) in [5.41, 5.74) is 10.4. The third kappa shape index (κ3) is 4.87. The molecule has 5 rings (SSSR count). The van der Waals surface area contributed by atoms with E-state index >= 15 is 0 Å². The van der Waals surface area contributed by atoms with E-state index in [0.717, 1.165) is 16.8 Å². The molecule has 1 atom stereocenters. The smallest absolute Gasteiger partial charge is 0.219 e. The average molecular weight is 543 g/mol. The van der Waals surface area contributed by atoms with Crippen LogP contribution in [0.4, 0.5) is 5.13 Å². The lowest BCUT2D eigenvalue weighted by atomic mass is 9.69. The summed E-state index contributed by atoms with van der Waals surface area (Å²) in [4.78, 5) is 32.1. The van der Waals surface area contributed by atoms with Gasteiger partial charge in [-0.3, -0.25) is 19.5 Å². The first kappa shape index (κ1) is 25.8. The predicted octanol–water partition coefficient (Wildman–Crippen LogP) is 5.16. The Labute approximate surface area is 229 Å². The Hall–Kier alpha value is -3.81. The van der Waals surface area contributed by atoms with Crippen molar-refractivity contribution >= 4 is 39.8 Å². The molecule has 1 unspecified atom stereocenters. The number of benzene rings is 1. The first-order valence-electron chi connectivity index (χ1n) is 12.1. The van der Waals surface area contributed by atoms with Crippen LogP contribution in [0.3, 0.4) is 0 Å². The zero-order chi connectivity index (χ0) is 27.0. The molecule has 0 spiro atoms. The number of aromatic nitrogens is 3. The van der Waals surface area contributed by atoms with Crippen LogP contribution in [0.1, 0.15) is 54.1 Å². The number of rotatable bonds is 6. The highest BCUT2D eigenvalue weighted by molar-refractivity contribution is 8.01. The quantitative estimate of drug-likeness (QED) is 0.332. The minimum absolute atomic E-state index is 0.000155. The zero-order valence-electron chi connectivity index (χ0n) is 21.3. The standard InChI is InChI=1S/C28H26N6O2S2/c1-16-6-8-17(9-7-16)22(36)15-37-27-33-32-26(38-27)34-20-11-28(2,3)12-21(35)24(20)23(19(13-29)25(34)30)18-5-4-10-31-14-18/h4-10,14,23H,11-12,15,30H2,1-3H3. The van der Waals surface area contributed by atoms with Crippen molar-refractivity contribution in [3.05, 3.63) is 88.1 Å². The van der Waals surface area contributed by atoms with E-state index in [2.05, 4.69) is 21.3 Å². The Bertz CT molecular complexity index is 1520. The maximum atomic E-state index is 13.6. The fourth-order valence-corrected chi connectivity index (χ4v) is 6.68. The van der Waals surface area contributed by atoms with Crippen molar-refractivity contribution in [2.45, 2.75) is 43.9 Å². The van der Waals surface area contributed by atoms with Crippen molar-refractivity contribution in [1.29, 1.82) is 5.26 Å². The number of thioether (sulfide) groups is 1. The molecule has 1 aliphatic heterocycles. The lowest BCUT2D eigenvalue weighted by Crippen LogP contribution is -2.42. The molecule has 2 N–H and O–H groups in total. The third-order valence-electron chi connectivity index (χ3n) is 6.69. The van der Waals surface area contributed by atoms with Crippen LogP contribution < -0.4 is 10.6 Å². The summed E-state index contributed by atoms with van der Waals surface area (Å²) < 4.78 is 0.602. The molecule has 2 aliphatic rings. The number of aryl methyl sites for hydroxylation is 1. The number of Topliss-reactive ketones (excluding diaryl/α,β-unsaturated/α-hetero) is 2. The maximum Gasteiger partial charge on any atom is 0.219 e. The largest absolute Gasteiger partial charge is 0.384 e. The number of nitrogens with zero attached hydrogens (tertiary/aromatic N) is 5. The number of carbonyl (C=O) groups is 2. The van der Waals surface area contributed by atoms with E-state index in [1.165, 1.54) is 23.1 Å². The molecule has 1 aromatic carbocycles. The molecule has 0 fully saturated rings. The van der Waals surface area contributed by atoms with Gasteiger partial charge in [0.25, 0.3) is 0 Å². The van der Waals surface area contributed by atoms with Crippen LogP contribution in [0, 0.1) is 23.7 Å². The molecule has 1 aliphatic carbocycles. The normalized spacial score (nSPS) is 18.8. The summed E-state index contributed by atoms with van der Waals surface area (Å²) in [7, 11) is 0. The molecule has 38 heavy (non-hydrogen) atoms. The van der Waals surface area contributed by atoms with Crippen molar-refractivity contribution in [3.63, 3.8) is 0 Å². The van der Waals surface area contributed by atoms with Gasteiger partial charge in [0, 0.05) is 35.6 Å². The lowest BCUT2D eigenvalue weighted by molar-refractivity contribution is -0.118. The molecule has 10 heteroatoms. The van der Waals surface area contributed by atoms with Gasteiger partial charge in [-0.05, 0) is 30.4 Å². The molecule has 0 saturated heterocycles. The zero-order valence-corrected chi connectivity index (χ0v) is 22.9. The number of hydrogen-bond donors (Lipinski definition) is 1. The Morgan fingerprint density at radius 3 is 2.68 bits per heavy atom. The van der Waals surface area contributed by atoms with Crippen molar-refractivity contribution in [3.8, 4) is 6.07 Å². The summed E-state index contributed by atoms with van der Waals surface area (Å²) in [6.07, 6.45) is 4.28. The number of nitrogens with two attached hydrogens (primary N) is 1. The second-order valence-corrected chi connectivity index (χ2v) is 12.4. The van der Waals surface area contributed by atoms with E-state index in [-0.39, 0.29) is 34.1 Å². The first-order valence-corrected chi connectivity index (χ1v) is 13.9. The Morgan fingerprint density at radius 1 is 1.24 bits per heavy atom. The van der Waals surface area contributed by atoms with Crippen LogP contribution in [0.5, 0.6) is 0 Å². The molecule has 192 valence electrons. The van der Waals surface area contributed by atoms with Crippen LogP contribution in [0.2, 0.25) is 0 Å². The molecule has 0 bridgehead atoms. The molecular weight excluding hydrogens is 516 g/mol. The Morgan fingerprint density at radius 2 is 2.00 bits per heavy atom. The monoisotopic (exact) mass is 542 g/mol. The van der Waals surface area contributed by atoms with Crippen LogP contribution in [0.25, 0.3) is 0 Å². The molecule has 0 amide bonds. The number of pyridine rings is 1. The lowest BCUT2D eigenvalue weighted by Gasteiger charge is -2.42. The predicted molar refractivity (Wildman–Crippen MR) is 147 cm³/mol. The van der Waals surface area contributed by atoms with Gasteiger partial charge in [-0.15, -0.1) is 10.2 Å². The molecule has 2 aromatic heterocycles. The van der Waals surface area contributed by atoms with E-state index in [4.69, 9.17) is 5.73 Å². The van der Waals surface area contributed by atoms with Crippen LogP contribution in [0.15, 0.2) is 75.8 Å². The Balaban J connectivity index is 1.50. The van der Waals surface area contributed by atoms with Gasteiger partial charge in [-0.25, -0.2) is 0 Å². The minimum Gasteiger partial charge on any atom is -0.384 e. The highest BCUT2D eigenvalue weighted by Gasteiger charge is 2.45. The SMILES string of the molecule is Cc1ccc(C(=O)CSc2nnc(N3C(N)=C(C#N)C(c4cccnc4)C4=C3CC(C)(C)CC4=O)s2)cc1. The van der Waals surface area contributed by atoms with E-state index < -0.39 is 5.92 Å². The number of allylic oxidation sites excluding steroid dienone is 3. The van der Waals surface area contributed by atoms with Gasteiger partial charge in [0.2, 0.25) is 5.13 Å². The minimum atomic E-state index is -0.586. The van der Waals surface area contributed by atoms with E-state index in [0.29, 0.717) is 33.4 Å². The number of hydrogen-bond acceptors (Lipinski definition) is 10. The number of nitriles is 1. The van der Waals surface area contributed by atoms with E-state index in [1.807, 2.05) is 51.1 Å². The van der Waals surface area contributed by atoms with Gasteiger partial charge in [0.1, 0.15) is 5.82 Å². The maximum absolute atomic E-state index is 13.6. The summed E-state index contributed by atoms with van der Waals surface area (Å²) in [5.74, 6) is -0.154. The van der Waals surface area contributed by atoms with Gasteiger partial charge >= 0.3 is 0 Å². The van der Waals surface area contributed by atoms with Gasteiger partial charge in [0.15, 0.2) is 15.9 Å². The highest BCUT2D eigenvalue weighted by Crippen LogP contribution is 2.50. The number of carbonyl (C=O) groups excluding carboxylic acids is 2. The second kappa shape index (κ2) is 10.2. The number of anilines is 1. The van der Waals surface area contributed by atoms with E-state index in [9.17, 15) is 14.9 Å². The van der Waals surface area contributed by atoms with Gasteiger partial charge < -0.3 is 5.73 Å². The van der Waals surface area contributed by atoms with Gasteiger partial charge in [0.05, 0.1) is 23.3 Å². The topological polar surface area (TPSA) is 126 Å². The van der Waals surface area contributed by atoms with Crippen molar-refractivity contribution < 1.29 is 9.59 Å². The van der Waals surface area contributed by atoms with Crippen molar-refractivity contribution in [2.24, 2.45) is 11.1 Å². The summed E-state index contributed by atoms with van der Waals surface area (Å²) in [6.45, 7) is 6.07. The molecule has 0 radical (unpaired) electrons. The van der Waals surface area contributed by atoms with Crippen LogP contribution in [-0.2, 0) is 4.79 Å². The summed E-state index contributed by atoms with van der Waals surface area (Å²) >= 11 is 2.59. The van der Waals surface area contributed by atoms with Crippen LogP contribution in [-0.4, -0.2) is 32.5 Å². The Kier molecular flexibility index (Phi) is 6.90. The third-order valence-corrected chi connectivity index (χ3v) is 8.73. The van der Waals surface area contributed by atoms with Gasteiger partial charge in [-0.2, -0.15) is 5.26 Å². The second-order valence-electron chi connectivity index (χ2n) is 10.2. The average Bonchev–Trinajstić information content (AvgIpc) is 3.35. The fourth-order valence-electron chi connectivity index (χ4n) is 4.91. The molecule has 3 heterocycles. The van der Waals surface area contributed by atoms with Gasteiger partial charge in [-0.1, -0.05) is 72.8 Å². The van der Waals surface area contributed by atoms with Crippen molar-refractivity contribution in [1.82, 2.24) is 15.2 Å². The van der Waals surface area contributed by atoms with E-state index in [1.54, 1.807) is 23.4 Å². The molecule has 3 aromatic rings. The molecule has 0 saturated carbocycles. The van der Waals surface area contributed by atoms with Crippen LogP contribution >= 0.6 is 23.1 Å². The van der Waals surface area contributed by atoms with Crippen molar-refractivity contribution in [2.75, 3.05) is 10.7 Å². The highest BCUT2D eigenvalue weighted by atomic mass is 32.2. The molecular formula is C28H26N6O2S2.